The molecule has 1 atom stereocenters. The number of hydrogen-bond acceptors (Lipinski definition) is 4. The van der Waals surface area contributed by atoms with Crippen LogP contribution in [0.15, 0.2) is 41.7 Å². The number of aromatic amines is 1. The second-order valence-electron chi connectivity index (χ2n) is 6.65. The molecule has 6 heteroatoms. The minimum absolute atomic E-state index is 0.163. The maximum atomic E-state index is 12.7. The van der Waals surface area contributed by atoms with Gasteiger partial charge < -0.3 is 9.72 Å². The zero-order valence-electron chi connectivity index (χ0n) is 13.7. The van der Waals surface area contributed by atoms with E-state index in [9.17, 15) is 4.21 Å². The molecule has 2 aromatic heterocycles. The van der Waals surface area contributed by atoms with Crippen LogP contribution in [0.4, 0.5) is 0 Å². The molecule has 0 amide bonds. The fourth-order valence-corrected chi connectivity index (χ4v) is 4.07. The van der Waals surface area contributed by atoms with Gasteiger partial charge in [-0.15, -0.1) is 0 Å². The van der Waals surface area contributed by atoms with Crippen LogP contribution in [0.5, 0.6) is 5.75 Å². The van der Waals surface area contributed by atoms with Crippen molar-refractivity contribution in [1.82, 2.24) is 15.0 Å². The van der Waals surface area contributed by atoms with E-state index < -0.39 is 10.8 Å². The Kier molecular flexibility index (Phi) is 3.64. The van der Waals surface area contributed by atoms with Crippen molar-refractivity contribution >= 4 is 21.8 Å². The highest BCUT2D eigenvalue weighted by atomic mass is 32.2. The topological polar surface area (TPSA) is 67.9 Å². The Bertz CT molecular complexity index is 900. The first kappa shape index (κ1) is 15.3. The lowest BCUT2D eigenvalue weighted by Gasteiger charge is -2.33. The number of pyridine rings is 1. The quantitative estimate of drug-likeness (QED) is 0.793. The van der Waals surface area contributed by atoms with E-state index in [-0.39, 0.29) is 5.60 Å². The Morgan fingerprint density at radius 2 is 2.12 bits per heavy atom. The molecule has 4 rings (SSSR count). The summed E-state index contributed by atoms with van der Waals surface area (Å²) < 4.78 is 18.8. The highest BCUT2D eigenvalue weighted by molar-refractivity contribution is 7.84. The van der Waals surface area contributed by atoms with Crippen LogP contribution in [-0.4, -0.2) is 24.8 Å². The number of nitrogens with one attached hydrogen (secondary N) is 1. The number of imidazole rings is 1. The largest absolute Gasteiger partial charge is 0.487 e. The van der Waals surface area contributed by atoms with Crippen LogP contribution in [0.1, 0.15) is 31.5 Å². The van der Waals surface area contributed by atoms with Gasteiger partial charge in [-0.1, -0.05) is 12.1 Å². The van der Waals surface area contributed by atoms with Crippen molar-refractivity contribution < 1.29 is 8.95 Å². The van der Waals surface area contributed by atoms with Crippen LogP contribution in [0, 0.1) is 0 Å². The van der Waals surface area contributed by atoms with Crippen molar-refractivity contribution in [2.75, 3.05) is 0 Å². The minimum atomic E-state index is -1.27. The maximum absolute atomic E-state index is 12.7. The van der Waals surface area contributed by atoms with E-state index in [0.717, 1.165) is 40.9 Å². The molecule has 0 saturated carbocycles. The first-order chi connectivity index (χ1) is 11.5. The summed E-state index contributed by atoms with van der Waals surface area (Å²) in [6.45, 7) is 4.17. The number of aromatic nitrogens is 3. The third kappa shape index (κ3) is 2.82. The normalized spacial score (nSPS) is 17.2. The van der Waals surface area contributed by atoms with Gasteiger partial charge in [-0.2, -0.15) is 0 Å². The number of benzene rings is 1. The summed E-state index contributed by atoms with van der Waals surface area (Å²) in [5.41, 5.74) is 3.47. The predicted molar refractivity (Wildman–Crippen MR) is 93.5 cm³/mol. The summed E-state index contributed by atoms with van der Waals surface area (Å²) in [4.78, 5) is 12.0. The number of nitrogens with zero attached hydrogens (tertiary/aromatic N) is 2. The van der Waals surface area contributed by atoms with Crippen molar-refractivity contribution in [2.45, 2.75) is 43.2 Å². The second kappa shape index (κ2) is 5.70. The lowest BCUT2D eigenvalue weighted by Crippen LogP contribution is -2.33. The summed E-state index contributed by atoms with van der Waals surface area (Å²) in [5, 5.41) is 0.493. The highest BCUT2D eigenvalue weighted by Gasteiger charge is 2.28. The standard InChI is InChI=1S/C18H19N3O2S/c1-18(2)9-7-12-15(19-10-8-16(12)23-18)11-24(22)17-20-13-5-3-4-6-14(13)21-17/h3-6,8,10H,7,9,11H2,1-2H3,(H,20,21). The van der Waals surface area contributed by atoms with E-state index in [1.54, 1.807) is 6.20 Å². The van der Waals surface area contributed by atoms with Crippen LogP contribution < -0.4 is 4.74 Å². The molecule has 0 spiro atoms. The van der Waals surface area contributed by atoms with Crippen molar-refractivity contribution in [1.29, 1.82) is 0 Å². The molecule has 3 heterocycles. The average molecular weight is 341 g/mol. The van der Waals surface area contributed by atoms with Gasteiger partial charge in [0.05, 0.1) is 33.3 Å². The van der Waals surface area contributed by atoms with E-state index >= 15 is 0 Å². The van der Waals surface area contributed by atoms with Gasteiger partial charge in [-0.05, 0) is 44.9 Å². The van der Waals surface area contributed by atoms with Gasteiger partial charge in [-0.25, -0.2) is 4.98 Å². The van der Waals surface area contributed by atoms with Crippen LogP contribution in [0.2, 0.25) is 0 Å². The molecule has 124 valence electrons. The molecule has 0 aliphatic carbocycles. The van der Waals surface area contributed by atoms with Crippen LogP contribution in [-0.2, 0) is 23.0 Å². The minimum Gasteiger partial charge on any atom is -0.487 e. The number of fused-ring (bicyclic) bond motifs is 2. The molecule has 3 aromatic rings. The maximum Gasteiger partial charge on any atom is 0.197 e. The third-order valence-corrected chi connectivity index (χ3v) is 5.48. The highest BCUT2D eigenvalue weighted by Crippen LogP contribution is 2.34. The van der Waals surface area contributed by atoms with Crippen LogP contribution in [0.25, 0.3) is 11.0 Å². The van der Waals surface area contributed by atoms with E-state index in [1.807, 2.05) is 30.3 Å². The SMILES string of the molecule is CC1(C)CCc2c(ccnc2CS(=O)c2nc3ccccc3[nH]2)O1. The van der Waals surface area contributed by atoms with Gasteiger partial charge in [0, 0.05) is 11.8 Å². The van der Waals surface area contributed by atoms with E-state index in [0.29, 0.717) is 10.9 Å². The summed E-state index contributed by atoms with van der Waals surface area (Å²) >= 11 is 0. The zero-order valence-corrected chi connectivity index (χ0v) is 14.5. The lowest BCUT2D eigenvalue weighted by atomic mass is 9.94. The summed E-state index contributed by atoms with van der Waals surface area (Å²) in [6.07, 6.45) is 3.55. The van der Waals surface area contributed by atoms with Crippen molar-refractivity contribution in [3.05, 3.63) is 47.8 Å². The Morgan fingerprint density at radius 3 is 2.96 bits per heavy atom. The van der Waals surface area contributed by atoms with Crippen molar-refractivity contribution in [2.24, 2.45) is 0 Å². The zero-order chi connectivity index (χ0) is 16.7. The molecule has 0 fully saturated rings. The second-order valence-corrected chi connectivity index (χ2v) is 8.01. The Labute approximate surface area is 142 Å². The molecular formula is C18H19N3O2S. The molecule has 1 unspecified atom stereocenters. The number of rotatable bonds is 3. The molecule has 0 saturated heterocycles. The fourth-order valence-electron chi connectivity index (χ4n) is 3.01. The van der Waals surface area contributed by atoms with Gasteiger partial charge in [0.2, 0.25) is 0 Å². The monoisotopic (exact) mass is 341 g/mol. The Hall–Kier alpha value is -2.21. The Balaban J connectivity index is 1.62. The molecule has 1 aromatic carbocycles. The molecule has 0 bridgehead atoms. The first-order valence-electron chi connectivity index (χ1n) is 8.01. The summed E-state index contributed by atoms with van der Waals surface area (Å²) in [5.74, 6) is 1.20. The van der Waals surface area contributed by atoms with Gasteiger partial charge >= 0.3 is 0 Å². The van der Waals surface area contributed by atoms with Crippen molar-refractivity contribution in [3.8, 4) is 5.75 Å². The van der Waals surface area contributed by atoms with Crippen LogP contribution in [0.3, 0.4) is 0 Å². The molecule has 5 nitrogen and oxygen atoms in total. The average Bonchev–Trinajstić information content (AvgIpc) is 2.98. The molecule has 1 aliphatic rings. The molecule has 24 heavy (non-hydrogen) atoms. The summed E-state index contributed by atoms with van der Waals surface area (Å²) in [7, 11) is -1.27. The van der Waals surface area contributed by atoms with E-state index in [4.69, 9.17) is 4.74 Å². The van der Waals surface area contributed by atoms with Gasteiger partial charge in [0.25, 0.3) is 0 Å². The van der Waals surface area contributed by atoms with Crippen LogP contribution >= 0.6 is 0 Å². The molecule has 0 radical (unpaired) electrons. The number of para-hydroxylation sites is 2. The van der Waals surface area contributed by atoms with Crippen molar-refractivity contribution in [3.63, 3.8) is 0 Å². The molecular weight excluding hydrogens is 322 g/mol. The third-order valence-electron chi connectivity index (χ3n) is 4.32. The predicted octanol–water partition coefficient (Wildman–Crippen LogP) is 3.37. The number of hydrogen-bond donors (Lipinski definition) is 1. The van der Waals surface area contributed by atoms with Gasteiger partial charge in [-0.3, -0.25) is 9.19 Å². The first-order valence-corrected chi connectivity index (χ1v) is 9.33. The molecule has 1 aliphatic heterocycles. The van der Waals surface area contributed by atoms with E-state index in [2.05, 4.69) is 28.8 Å². The number of H-pyrrole nitrogens is 1. The Morgan fingerprint density at radius 1 is 1.29 bits per heavy atom. The number of ether oxygens (including phenoxy) is 1. The lowest BCUT2D eigenvalue weighted by molar-refractivity contribution is 0.0841. The fraction of sp³-hybridized carbons (Fsp3) is 0.333. The smallest absolute Gasteiger partial charge is 0.197 e. The van der Waals surface area contributed by atoms with Gasteiger partial charge in [0.15, 0.2) is 5.16 Å². The molecule has 1 N–H and O–H groups in total. The summed E-state index contributed by atoms with van der Waals surface area (Å²) in [6, 6.07) is 9.59. The van der Waals surface area contributed by atoms with Gasteiger partial charge in [0.1, 0.15) is 11.4 Å². The van der Waals surface area contributed by atoms with E-state index in [1.165, 1.54) is 0 Å².